The normalized spacial score (nSPS) is 15.9. The molecule has 0 nitrogen and oxygen atoms in total. The lowest BCUT2D eigenvalue weighted by Crippen LogP contribution is -2.30. The number of hydrogen-bond donors (Lipinski definition) is 0. The first kappa shape index (κ1) is 12.6. The maximum absolute atomic E-state index is 12.5. The Bertz CT molecular complexity index is 150. The number of halogens is 6. The van der Waals surface area contributed by atoms with Gasteiger partial charge in [0.1, 0.15) is 0 Å². The minimum Gasteiger partial charge on any atom is -0.241 e. The van der Waals surface area contributed by atoms with Crippen molar-refractivity contribution in [3.8, 4) is 0 Å². The highest BCUT2D eigenvalue weighted by atomic mass is 19.4. The number of hydrogen-bond acceptors (Lipinski definition) is 0. The van der Waals surface area contributed by atoms with E-state index < -0.39 is 37.5 Å². The number of rotatable bonds is 4. The van der Waals surface area contributed by atoms with Gasteiger partial charge in [-0.2, -0.15) is 13.2 Å². The van der Waals surface area contributed by atoms with Crippen molar-refractivity contribution in [1.82, 2.24) is 0 Å². The minimum absolute atomic E-state index is 0.786. The monoisotopic (exact) mass is 208 g/mol. The van der Waals surface area contributed by atoms with Crippen molar-refractivity contribution in [2.75, 3.05) is 0 Å². The van der Waals surface area contributed by atoms with Crippen LogP contribution in [0, 0.1) is 0 Å². The van der Waals surface area contributed by atoms with Gasteiger partial charge < -0.3 is 0 Å². The zero-order valence-electron chi connectivity index (χ0n) is 6.97. The third kappa shape index (κ3) is 5.00. The topological polar surface area (TPSA) is 0 Å². The average molecular weight is 208 g/mol. The third-order valence-corrected chi connectivity index (χ3v) is 1.61. The molecule has 0 bridgehead atoms. The summed E-state index contributed by atoms with van der Waals surface area (Å²) < 4.78 is 71.7. The lowest BCUT2D eigenvalue weighted by molar-refractivity contribution is -0.148. The SMILES string of the molecule is CCC(F)(F)[C@@H](F)CCC(F)(F)F. The van der Waals surface area contributed by atoms with Crippen LogP contribution >= 0.6 is 0 Å². The second-order valence-electron chi connectivity index (χ2n) is 2.74. The summed E-state index contributed by atoms with van der Waals surface area (Å²) in [5, 5.41) is 0. The van der Waals surface area contributed by atoms with Crippen LogP contribution in [-0.4, -0.2) is 18.3 Å². The molecular formula is C7H10F6. The summed E-state index contributed by atoms with van der Waals surface area (Å²) >= 11 is 0. The van der Waals surface area contributed by atoms with Crippen molar-refractivity contribution in [1.29, 1.82) is 0 Å². The lowest BCUT2D eigenvalue weighted by Gasteiger charge is -2.19. The maximum atomic E-state index is 12.5. The minimum atomic E-state index is -4.58. The largest absolute Gasteiger partial charge is 0.389 e. The molecule has 0 heterocycles. The molecule has 0 spiro atoms. The molecule has 6 heteroatoms. The fraction of sp³-hybridized carbons (Fsp3) is 1.00. The first-order valence-electron chi connectivity index (χ1n) is 3.77. The van der Waals surface area contributed by atoms with Crippen LogP contribution in [0.4, 0.5) is 26.3 Å². The van der Waals surface area contributed by atoms with Gasteiger partial charge in [-0.3, -0.25) is 0 Å². The van der Waals surface area contributed by atoms with Crippen LogP contribution in [0.15, 0.2) is 0 Å². The first-order chi connectivity index (χ1) is 5.69. The van der Waals surface area contributed by atoms with E-state index in [2.05, 4.69) is 0 Å². The van der Waals surface area contributed by atoms with Gasteiger partial charge in [-0.1, -0.05) is 6.92 Å². The van der Waals surface area contributed by atoms with Gasteiger partial charge in [0.2, 0.25) is 0 Å². The second-order valence-corrected chi connectivity index (χ2v) is 2.74. The summed E-state index contributed by atoms with van der Waals surface area (Å²) in [6.07, 6.45) is -10.8. The van der Waals surface area contributed by atoms with Gasteiger partial charge in [0.05, 0.1) is 0 Å². The second kappa shape index (κ2) is 4.19. The molecule has 0 radical (unpaired) electrons. The van der Waals surface area contributed by atoms with Gasteiger partial charge in [0, 0.05) is 12.8 Å². The highest BCUT2D eigenvalue weighted by molar-refractivity contribution is 4.76. The zero-order chi connectivity index (χ0) is 10.7. The summed E-state index contributed by atoms with van der Waals surface area (Å²) in [6, 6.07) is 0. The van der Waals surface area contributed by atoms with Crippen LogP contribution in [0.2, 0.25) is 0 Å². The first-order valence-corrected chi connectivity index (χ1v) is 3.77. The average Bonchev–Trinajstić information content (AvgIpc) is 1.98. The highest BCUT2D eigenvalue weighted by Crippen LogP contribution is 2.31. The molecule has 0 rings (SSSR count). The predicted molar refractivity (Wildman–Crippen MR) is 35.4 cm³/mol. The van der Waals surface area contributed by atoms with E-state index >= 15 is 0 Å². The molecule has 0 aromatic heterocycles. The van der Waals surface area contributed by atoms with Crippen LogP contribution in [0.1, 0.15) is 26.2 Å². The smallest absolute Gasteiger partial charge is 0.241 e. The summed E-state index contributed by atoms with van der Waals surface area (Å²) in [5.41, 5.74) is 0. The summed E-state index contributed by atoms with van der Waals surface area (Å²) in [6.45, 7) is 1.03. The van der Waals surface area contributed by atoms with E-state index in [0.29, 0.717) is 0 Å². The molecule has 0 aromatic carbocycles. The van der Waals surface area contributed by atoms with Crippen LogP contribution < -0.4 is 0 Å². The molecule has 0 aliphatic carbocycles. The Kier molecular flexibility index (Phi) is 4.06. The van der Waals surface area contributed by atoms with E-state index in [4.69, 9.17) is 0 Å². The van der Waals surface area contributed by atoms with Gasteiger partial charge >= 0.3 is 6.18 Å². The quantitative estimate of drug-likeness (QED) is 0.618. The van der Waals surface area contributed by atoms with Crippen molar-refractivity contribution in [2.24, 2.45) is 0 Å². The van der Waals surface area contributed by atoms with E-state index in [1.165, 1.54) is 0 Å². The van der Waals surface area contributed by atoms with Gasteiger partial charge in [0.15, 0.2) is 6.17 Å². The number of alkyl halides is 6. The molecule has 0 saturated carbocycles. The Morgan fingerprint density at radius 2 is 1.54 bits per heavy atom. The van der Waals surface area contributed by atoms with E-state index in [1.807, 2.05) is 0 Å². The molecule has 0 unspecified atom stereocenters. The van der Waals surface area contributed by atoms with E-state index in [0.717, 1.165) is 6.92 Å². The molecule has 0 N–H and O–H groups in total. The molecule has 0 saturated heterocycles. The molecule has 0 aliphatic heterocycles. The Balaban J connectivity index is 3.95. The van der Waals surface area contributed by atoms with Crippen molar-refractivity contribution >= 4 is 0 Å². The Morgan fingerprint density at radius 1 is 1.08 bits per heavy atom. The third-order valence-electron chi connectivity index (χ3n) is 1.61. The van der Waals surface area contributed by atoms with Gasteiger partial charge in [0.25, 0.3) is 5.92 Å². The van der Waals surface area contributed by atoms with E-state index in [-0.39, 0.29) is 0 Å². The van der Waals surface area contributed by atoms with Crippen LogP contribution in [0.25, 0.3) is 0 Å². The van der Waals surface area contributed by atoms with Gasteiger partial charge in [-0.25, -0.2) is 13.2 Å². The fourth-order valence-electron chi connectivity index (χ4n) is 0.723. The standard InChI is InChI=1S/C7H10F6/c1-2-6(9,10)5(8)3-4-7(11,12)13/h5H,2-4H2,1H3/t5-/m0/s1. The highest BCUT2D eigenvalue weighted by Gasteiger charge is 2.40. The molecule has 1 atom stereocenters. The molecular weight excluding hydrogens is 198 g/mol. The zero-order valence-corrected chi connectivity index (χ0v) is 6.97. The Labute approximate surface area is 71.9 Å². The molecule has 80 valence electrons. The van der Waals surface area contributed by atoms with E-state index in [9.17, 15) is 26.3 Å². The Morgan fingerprint density at radius 3 is 1.85 bits per heavy atom. The van der Waals surface area contributed by atoms with Gasteiger partial charge in [-0.05, 0) is 6.42 Å². The molecule has 0 amide bonds. The van der Waals surface area contributed by atoms with Crippen molar-refractivity contribution in [3.63, 3.8) is 0 Å². The molecule has 0 fully saturated rings. The summed E-state index contributed by atoms with van der Waals surface area (Å²) in [4.78, 5) is 0. The van der Waals surface area contributed by atoms with Crippen molar-refractivity contribution < 1.29 is 26.3 Å². The van der Waals surface area contributed by atoms with Gasteiger partial charge in [-0.15, -0.1) is 0 Å². The maximum Gasteiger partial charge on any atom is 0.389 e. The summed E-state index contributed by atoms with van der Waals surface area (Å²) in [5.74, 6) is -3.65. The summed E-state index contributed by atoms with van der Waals surface area (Å²) in [7, 11) is 0. The van der Waals surface area contributed by atoms with Crippen LogP contribution in [0.5, 0.6) is 0 Å². The lowest BCUT2D eigenvalue weighted by atomic mass is 10.1. The molecule has 0 aromatic rings. The Hall–Kier alpha value is -0.420. The fourth-order valence-corrected chi connectivity index (χ4v) is 0.723. The van der Waals surface area contributed by atoms with Crippen molar-refractivity contribution in [3.05, 3.63) is 0 Å². The van der Waals surface area contributed by atoms with E-state index in [1.54, 1.807) is 0 Å². The molecule has 0 aliphatic rings. The molecule has 13 heavy (non-hydrogen) atoms. The van der Waals surface area contributed by atoms with Crippen LogP contribution in [-0.2, 0) is 0 Å². The predicted octanol–water partition coefficient (Wildman–Crippen LogP) is 3.71. The van der Waals surface area contributed by atoms with Crippen molar-refractivity contribution in [2.45, 2.75) is 44.5 Å². The van der Waals surface area contributed by atoms with Crippen LogP contribution in [0.3, 0.4) is 0 Å².